The molecule has 0 radical (unpaired) electrons. The van der Waals surface area contributed by atoms with Crippen LogP contribution < -0.4 is 5.32 Å². The van der Waals surface area contributed by atoms with Crippen molar-refractivity contribution in [1.29, 1.82) is 0 Å². The van der Waals surface area contributed by atoms with Gasteiger partial charge in [-0.1, -0.05) is 30.1 Å². The van der Waals surface area contributed by atoms with E-state index in [1.807, 2.05) is 12.1 Å². The quantitative estimate of drug-likeness (QED) is 0.765. The Balaban J connectivity index is 2.42. The molecule has 78 valence electrons. The largest absolute Gasteiger partial charge is 0.316 e. The van der Waals surface area contributed by atoms with Gasteiger partial charge in [-0.3, -0.25) is 0 Å². The summed E-state index contributed by atoms with van der Waals surface area (Å²) in [5, 5.41) is 4.76. The number of rotatable bonds is 5. The molecule has 1 aromatic carbocycles. The molecule has 0 aliphatic rings. The second kappa shape index (κ2) is 6.28. The van der Waals surface area contributed by atoms with Gasteiger partial charge in [0.2, 0.25) is 0 Å². The molecule has 14 heavy (non-hydrogen) atoms. The van der Waals surface area contributed by atoms with Gasteiger partial charge in [-0.05, 0) is 49.7 Å². The first-order chi connectivity index (χ1) is 6.72. The van der Waals surface area contributed by atoms with Crippen molar-refractivity contribution in [2.24, 2.45) is 0 Å². The van der Waals surface area contributed by atoms with Gasteiger partial charge < -0.3 is 5.32 Å². The average Bonchev–Trinajstić information content (AvgIpc) is 2.11. The molecular weight excluding hydrogens is 217 g/mol. The van der Waals surface area contributed by atoms with Gasteiger partial charge in [-0.25, -0.2) is 0 Å². The van der Waals surface area contributed by atoms with Crippen molar-refractivity contribution in [2.45, 2.75) is 19.8 Å². The first-order valence-corrected chi connectivity index (χ1v) is 5.63. The molecule has 0 heterocycles. The van der Waals surface area contributed by atoms with Crippen LogP contribution >= 0.6 is 23.2 Å². The van der Waals surface area contributed by atoms with Crippen LogP contribution in [0.25, 0.3) is 0 Å². The van der Waals surface area contributed by atoms with Crippen molar-refractivity contribution in [2.75, 3.05) is 13.1 Å². The van der Waals surface area contributed by atoms with Crippen LogP contribution in [-0.4, -0.2) is 13.1 Å². The number of nitrogens with one attached hydrogen (secondary N) is 1. The van der Waals surface area contributed by atoms with Crippen molar-refractivity contribution in [3.8, 4) is 0 Å². The van der Waals surface area contributed by atoms with Crippen LogP contribution in [0.5, 0.6) is 0 Å². The maximum atomic E-state index is 5.89. The smallest absolute Gasteiger partial charge is 0.0423 e. The molecule has 1 rings (SSSR count). The van der Waals surface area contributed by atoms with Crippen molar-refractivity contribution < 1.29 is 0 Å². The fraction of sp³-hybridized carbons (Fsp3) is 0.455. The van der Waals surface area contributed by atoms with Gasteiger partial charge >= 0.3 is 0 Å². The maximum absolute atomic E-state index is 5.89. The third-order valence-corrected chi connectivity index (χ3v) is 2.38. The van der Waals surface area contributed by atoms with Crippen LogP contribution in [0.2, 0.25) is 10.0 Å². The van der Waals surface area contributed by atoms with Crippen LogP contribution in [0, 0.1) is 0 Å². The Kier molecular flexibility index (Phi) is 5.31. The molecule has 1 N–H and O–H groups in total. The Morgan fingerprint density at radius 3 is 2.29 bits per heavy atom. The zero-order valence-electron chi connectivity index (χ0n) is 8.32. The molecular formula is C11H15Cl2N. The summed E-state index contributed by atoms with van der Waals surface area (Å²) < 4.78 is 0. The first-order valence-electron chi connectivity index (χ1n) is 4.88. The highest BCUT2D eigenvalue weighted by molar-refractivity contribution is 6.34. The molecule has 1 nitrogen and oxygen atoms in total. The van der Waals surface area contributed by atoms with Gasteiger partial charge in [0.05, 0.1) is 0 Å². The van der Waals surface area contributed by atoms with Crippen molar-refractivity contribution in [3.63, 3.8) is 0 Å². The molecule has 0 saturated carbocycles. The fourth-order valence-electron chi connectivity index (χ4n) is 1.29. The van der Waals surface area contributed by atoms with Gasteiger partial charge in [-0.2, -0.15) is 0 Å². The van der Waals surface area contributed by atoms with Gasteiger partial charge in [0.25, 0.3) is 0 Å². The molecule has 1 aromatic rings. The van der Waals surface area contributed by atoms with Crippen LogP contribution in [0.15, 0.2) is 18.2 Å². The molecule has 0 fully saturated rings. The van der Waals surface area contributed by atoms with Crippen molar-refractivity contribution in [1.82, 2.24) is 5.32 Å². The van der Waals surface area contributed by atoms with E-state index in [-0.39, 0.29) is 0 Å². The topological polar surface area (TPSA) is 12.0 Å². The standard InChI is InChI=1S/C11H15Cl2N/c1-2-4-14-5-3-9-6-10(12)8-11(13)7-9/h6-8,14H,2-5H2,1H3. The van der Waals surface area contributed by atoms with E-state index in [0.717, 1.165) is 25.9 Å². The Morgan fingerprint density at radius 2 is 1.71 bits per heavy atom. The van der Waals surface area contributed by atoms with Crippen LogP contribution in [0.3, 0.4) is 0 Å². The molecule has 0 amide bonds. The zero-order valence-corrected chi connectivity index (χ0v) is 9.83. The lowest BCUT2D eigenvalue weighted by Crippen LogP contribution is -2.17. The van der Waals surface area contributed by atoms with Gasteiger partial charge in [0.15, 0.2) is 0 Å². The minimum absolute atomic E-state index is 0.711. The summed E-state index contributed by atoms with van der Waals surface area (Å²) in [6.45, 7) is 4.20. The van der Waals surface area contributed by atoms with Gasteiger partial charge in [0, 0.05) is 10.0 Å². The Labute approximate surface area is 95.4 Å². The van der Waals surface area contributed by atoms with E-state index in [4.69, 9.17) is 23.2 Å². The summed E-state index contributed by atoms with van der Waals surface area (Å²) in [7, 11) is 0. The van der Waals surface area contributed by atoms with E-state index in [2.05, 4.69) is 12.2 Å². The van der Waals surface area contributed by atoms with E-state index in [9.17, 15) is 0 Å². The predicted octanol–water partition coefficient (Wildman–Crippen LogP) is 3.54. The molecule has 0 aromatic heterocycles. The Bertz CT molecular complexity index is 266. The van der Waals surface area contributed by atoms with E-state index in [1.54, 1.807) is 6.07 Å². The predicted molar refractivity (Wildman–Crippen MR) is 63.3 cm³/mol. The summed E-state index contributed by atoms with van der Waals surface area (Å²) in [6, 6.07) is 5.67. The number of hydrogen-bond donors (Lipinski definition) is 1. The molecule has 0 atom stereocenters. The third kappa shape index (κ3) is 4.32. The van der Waals surface area contributed by atoms with Crippen molar-refractivity contribution in [3.05, 3.63) is 33.8 Å². The molecule has 0 bridgehead atoms. The van der Waals surface area contributed by atoms with E-state index in [0.29, 0.717) is 10.0 Å². The molecule has 0 unspecified atom stereocenters. The van der Waals surface area contributed by atoms with Crippen LogP contribution in [-0.2, 0) is 6.42 Å². The average molecular weight is 232 g/mol. The fourth-order valence-corrected chi connectivity index (χ4v) is 1.86. The van der Waals surface area contributed by atoms with E-state index >= 15 is 0 Å². The summed E-state index contributed by atoms with van der Waals surface area (Å²) in [6.07, 6.45) is 2.14. The zero-order chi connectivity index (χ0) is 10.4. The second-order valence-corrected chi connectivity index (χ2v) is 4.15. The van der Waals surface area contributed by atoms with Crippen LogP contribution in [0.4, 0.5) is 0 Å². The normalized spacial score (nSPS) is 10.5. The summed E-state index contributed by atoms with van der Waals surface area (Å²) >= 11 is 11.8. The highest BCUT2D eigenvalue weighted by Gasteiger charge is 1.97. The van der Waals surface area contributed by atoms with Gasteiger partial charge in [0.1, 0.15) is 0 Å². The Hall–Kier alpha value is -0.240. The minimum atomic E-state index is 0.711. The number of benzene rings is 1. The summed E-state index contributed by atoms with van der Waals surface area (Å²) in [5.41, 5.74) is 1.19. The highest BCUT2D eigenvalue weighted by Crippen LogP contribution is 2.19. The lowest BCUT2D eigenvalue weighted by atomic mass is 10.1. The maximum Gasteiger partial charge on any atom is 0.0423 e. The molecule has 0 aliphatic carbocycles. The number of halogens is 2. The molecule has 0 saturated heterocycles. The monoisotopic (exact) mass is 231 g/mol. The summed E-state index contributed by atoms with van der Waals surface area (Å²) in [5.74, 6) is 0. The van der Waals surface area contributed by atoms with E-state index in [1.165, 1.54) is 5.56 Å². The lowest BCUT2D eigenvalue weighted by Gasteiger charge is -2.04. The summed E-state index contributed by atoms with van der Waals surface area (Å²) in [4.78, 5) is 0. The molecule has 0 aliphatic heterocycles. The number of hydrogen-bond acceptors (Lipinski definition) is 1. The van der Waals surface area contributed by atoms with Crippen molar-refractivity contribution >= 4 is 23.2 Å². The second-order valence-electron chi connectivity index (χ2n) is 3.28. The minimum Gasteiger partial charge on any atom is -0.316 e. The van der Waals surface area contributed by atoms with Gasteiger partial charge in [-0.15, -0.1) is 0 Å². The van der Waals surface area contributed by atoms with Crippen LogP contribution in [0.1, 0.15) is 18.9 Å². The SMILES string of the molecule is CCCNCCc1cc(Cl)cc(Cl)c1. The molecule has 3 heteroatoms. The van der Waals surface area contributed by atoms with E-state index < -0.39 is 0 Å². The highest BCUT2D eigenvalue weighted by atomic mass is 35.5. The molecule has 0 spiro atoms. The third-order valence-electron chi connectivity index (χ3n) is 1.94. The first kappa shape index (κ1) is 11.8. The lowest BCUT2D eigenvalue weighted by molar-refractivity contribution is 0.671. The Morgan fingerprint density at radius 1 is 1.07 bits per heavy atom.